The van der Waals surface area contributed by atoms with Crippen LogP contribution in [0.4, 0.5) is 0 Å². The summed E-state index contributed by atoms with van der Waals surface area (Å²) in [6, 6.07) is 4.18. The summed E-state index contributed by atoms with van der Waals surface area (Å²) < 4.78 is 0. The quantitative estimate of drug-likeness (QED) is 0.513. The second kappa shape index (κ2) is 9.62. The molecule has 1 heterocycles. The van der Waals surface area contributed by atoms with Gasteiger partial charge in [0, 0.05) is 12.3 Å². The summed E-state index contributed by atoms with van der Waals surface area (Å²) >= 11 is 0. The number of unbranched alkanes of at least 4 members (excludes halogenated alkanes) is 3. The Hall–Kier alpha value is -1.36. The van der Waals surface area contributed by atoms with Gasteiger partial charge >= 0.3 is 0 Å². The first-order chi connectivity index (χ1) is 10.8. The van der Waals surface area contributed by atoms with Crippen molar-refractivity contribution in [2.75, 3.05) is 0 Å². The first kappa shape index (κ1) is 17.0. The van der Waals surface area contributed by atoms with E-state index in [1.54, 1.807) is 0 Å². The van der Waals surface area contributed by atoms with Gasteiger partial charge in [-0.05, 0) is 56.1 Å². The lowest BCUT2D eigenvalue weighted by atomic mass is 9.78. The largest absolute Gasteiger partial charge is 0.154 e. The average Bonchev–Trinajstić information content (AvgIpc) is 2.57. The van der Waals surface area contributed by atoms with E-state index in [0.29, 0.717) is 5.92 Å². The number of aromatic nitrogens is 2. The number of hydrogen-bond acceptors (Lipinski definition) is 2. The molecule has 1 saturated carbocycles. The van der Waals surface area contributed by atoms with E-state index in [9.17, 15) is 0 Å². The second-order valence-electron chi connectivity index (χ2n) is 6.61. The third-order valence-corrected chi connectivity index (χ3v) is 4.76. The van der Waals surface area contributed by atoms with Gasteiger partial charge < -0.3 is 0 Å². The summed E-state index contributed by atoms with van der Waals surface area (Å²) in [5, 5.41) is 8.71. The van der Waals surface area contributed by atoms with Crippen LogP contribution in [0.3, 0.4) is 0 Å². The molecule has 120 valence electrons. The van der Waals surface area contributed by atoms with Crippen LogP contribution in [0.2, 0.25) is 0 Å². The van der Waals surface area contributed by atoms with E-state index in [-0.39, 0.29) is 0 Å². The van der Waals surface area contributed by atoms with E-state index in [4.69, 9.17) is 0 Å². The van der Waals surface area contributed by atoms with Gasteiger partial charge in [0.2, 0.25) is 0 Å². The molecule has 0 saturated heterocycles. The molecule has 1 aromatic rings. The molecular weight excluding hydrogens is 268 g/mol. The van der Waals surface area contributed by atoms with Crippen LogP contribution in [-0.4, -0.2) is 10.2 Å². The fraction of sp³-hybridized carbons (Fsp3) is 0.700. The molecule has 0 unspecified atom stereocenters. The minimum absolute atomic E-state index is 0.618. The molecule has 1 aromatic heterocycles. The maximum absolute atomic E-state index is 4.43. The van der Waals surface area contributed by atoms with Crippen molar-refractivity contribution in [3.8, 4) is 11.8 Å². The Bertz CT molecular complexity index is 473. The van der Waals surface area contributed by atoms with Gasteiger partial charge in [-0.25, -0.2) is 0 Å². The van der Waals surface area contributed by atoms with Crippen molar-refractivity contribution in [2.24, 2.45) is 5.92 Å². The van der Waals surface area contributed by atoms with Crippen molar-refractivity contribution < 1.29 is 0 Å². The minimum atomic E-state index is 0.618. The van der Waals surface area contributed by atoms with Gasteiger partial charge in [-0.15, -0.1) is 5.10 Å². The highest BCUT2D eigenvalue weighted by atomic mass is 15.1. The molecule has 2 nitrogen and oxygen atoms in total. The summed E-state index contributed by atoms with van der Waals surface area (Å²) in [5.74, 6) is 7.79. The Kier molecular flexibility index (Phi) is 7.43. The van der Waals surface area contributed by atoms with E-state index < -0.39 is 0 Å². The molecule has 0 spiro atoms. The molecule has 1 fully saturated rings. The summed E-state index contributed by atoms with van der Waals surface area (Å²) in [5.41, 5.74) is 1.98. The average molecular weight is 298 g/mol. The van der Waals surface area contributed by atoms with E-state index in [0.717, 1.165) is 24.5 Å². The van der Waals surface area contributed by atoms with E-state index in [2.05, 4.69) is 42.0 Å². The Balaban J connectivity index is 1.80. The fourth-order valence-corrected chi connectivity index (χ4v) is 3.33. The molecule has 0 N–H and O–H groups in total. The number of nitrogens with zero attached hydrogens (tertiary/aromatic N) is 2. The Morgan fingerprint density at radius 3 is 2.45 bits per heavy atom. The first-order valence-corrected chi connectivity index (χ1v) is 9.16. The second-order valence-corrected chi connectivity index (χ2v) is 6.61. The lowest BCUT2D eigenvalue weighted by molar-refractivity contribution is 0.299. The standard InChI is InChI=1S/C20H30N2/c1-3-5-7-9-17-11-13-18(14-12-17)20-16-15-19(21-22-20)10-8-6-4-2/h15-18H,3-7,9,11-14H2,1-2H3/t17-,18-. The molecular formula is C20H30N2. The zero-order chi connectivity index (χ0) is 15.6. The maximum Gasteiger partial charge on any atom is 0.135 e. The van der Waals surface area contributed by atoms with Crippen molar-refractivity contribution >= 4 is 0 Å². The van der Waals surface area contributed by atoms with Gasteiger partial charge in [0.15, 0.2) is 0 Å². The molecule has 0 radical (unpaired) electrons. The van der Waals surface area contributed by atoms with Crippen LogP contribution >= 0.6 is 0 Å². The van der Waals surface area contributed by atoms with Crippen molar-refractivity contribution in [3.63, 3.8) is 0 Å². The molecule has 1 aliphatic carbocycles. The highest BCUT2D eigenvalue weighted by Crippen LogP contribution is 2.36. The summed E-state index contributed by atoms with van der Waals surface area (Å²) in [7, 11) is 0. The highest BCUT2D eigenvalue weighted by molar-refractivity contribution is 5.27. The van der Waals surface area contributed by atoms with E-state index in [1.165, 1.54) is 57.1 Å². The molecule has 0 atom stereocenters. The molecule has 2 heteroatoms. The Morgan fingerprint density at radius 2 is 1.82 bits per heavy atom. The van der Waals surface area contributed by atoms with Crippen LogP contribution in [-0.2, 0) is 0 Å². The van der Waals surface area contributed by atoms with Crippen molar-refractivity contribution in [3.05, 3.63) is 23.5 Å². The van der Waals surface area contributed by atoms with Gasteiger partial charge in [0.05, 0.1) is 5.69 Å². The van der Waals surface area contributed by atoms with Gasteiger partial charge in [0.25, 0.3) is 0 Å². The van der Waals surface area contributed by atoms with E-state index in [1.807, 2.05) is 6.07 Å². The number of rotatable bonds is 6. The monoisotopic (exact) mass is 298 g/mol. The van der Waals surface area contributed by atoms with Crippen molar-refractivity contribution in [2.45, 2.75) is 84.0 Å². The van der Waals surface area contributed by atoms with Crippen LogP contribution in [0.5, 0.6) is 0 Å². The normalized spacial score (nSPS) is 21.2. The van der Waals surface area contributed by atoms with Crippen molar-refractivity contribution in [1.82, 2.24) is 10.2 Å². The molecule has 1 aliphatic rings. The van der Waals surface area contributed by atoms with E-state index >= 15 is 0 Å². The van der Waals surface area contributed by atoms with Crippen LogP contribution in [0.25, 0.3) is 0 Å². The zero-order valence-corrected chi connectivity index (χ0v) is 14.3. The lowest BCUT2D eigenvalue weighted by Crippen LogP contribution is -2.14. The zero-order valence-electron chi connectivity index (χ0n) is 14.3. The fourth-order valence-electron chi connectivity index (χ4n) is 3.33. The maximum atomic E-state index is 4.43. The highest BCUT2D eigenvalue weighted by Gasteiger charge is 2.23. The summed E-state index contributed by atoms with van der Waals surface area (Å²) in [6.45, 7) is 4.42. The third kappa shape index (κ3) is 5.44. The minimum Gasteiger partial charge on any atom is -0.154 e. The van der Waals surface area contributed by atoms with Gasteiger partial charge in [-0.3, -0.25) is 0 Å². The predicted molar refractivity (Wildman–Crippen MR) is 92.7 cm³/mol. The predicted octanol–water partition coefficient (Wildman–Crippen LogP) is 5.48. The first-order valence-electron chi connectivity index (χ1n) is 9.16. The topological polar surface area (TPSA) is 25.8 Å². The lowest BCUT2D eigenvalue weighted by Gasteiger charge is -2.27. The van der Waals surface area contributed by atoms with Crippen LogP contribution < -0.4 is 0 Å². The Labute approximate surface area is 136 Å². The summed E-state index contributed by atoms with van der Waals surface area (Å²) in [4.78, 5) is 0. The molecule has 0 aliphatic heterocycles. The third-order valence-electron chi connectivity index (χ3n) is 4.76. The number of hydrogen-bond donors (Lipinski definition) is 0. The van der Waals surface area contributed by atoms with Crippen molar-refractivity contribution in [1.29, 1.82) is 0 Å². The van der Waals surface area contributed by atoms with Gasteiger partial charge in [0.1, 0.15) is 5.69 Å². The molecule has 2 rings (SSSR count). The smallest absolute Gasteiger partial charge is 0.135 e. The molecule has 22 heavy (non-hydrogen) atoms. The molecule has 0 aromatic carbocycles. The Morgan fingerprint density at radius 1 is 1.00 bits per heavy atom. The molecule has 0 bridgehead atoms. The molecule has 0 amide bonds. The van der Waals surface area contributed by atoms with Gasteiger partial charge in [-0.1, -0.05) is 45.5 Å². The van der Waals surface area contributed by atoms with Gasteiger partial charge in [-0.2, -0.15) is 5.10 Å². The summed E-state index contributed by atoms with van der Waals surface area (Å²) in [6.07, 6.45) is 12.9. The van der Waals surface area contributed by atoms with Crippen LogP contribution in [0, 0.1) is 17.8 Å². The SMILES string of the molecule is CCCC#Cc1ccc([C@H]2CC[C@H](CCCCC)CC2)nn1. The van der Waals surface area contributed by atoms with Crippen LogP contribution in [0.1, 0.15) is 95.4 Å². The van der Waals surface area contributed by atoms with Crippen LogP contribution in [0.15, 0.2) is 12.1 Å².